The third-order valence-electron chi connectivity index (χ3n) is 3.94. The van der Waals surface area contributed by atoms with Gasteiger partial charge in [0.15, 0.2) is 0 Å². The van der Waals surface area contributed by atoms with Gasteiger partial charge in [0.25, 0.3) is 5.91 Å². The number of halogens is 2. The van der Waals surface area contributed by atoms with Gasteiger partial charge in [-0.25, -0.2) is 0 Å². The lowest BCUT2D eigenvalue weighted by molar-refractivity contribution is 0.0946. The Morgan fingerprint density at radius 2 is 1.95 bits per heavy atom. The van der Waals surface area contributed by atoms with Crippen molar-refractivity contribution < 1.29 is 4.79 Å². The molecule has 1 fully saturated rings. The van der Waals surface area contributed by atoms with Crippen LogP contribution in [0.15, 0.2) is 18.2 Å². The lowest BCUT2D eigenvalue weighted by atomic mass is 9.84. The number of hydrogen-bond acceptors (Lipinski definition) is 2. The molecule has 0 radical (unpaired) electrons. The molecular formula is C15H20Cl2N2O. The van der Waals surface area contributed by atoms with E-state index in [1.165, 1.54) is 32.1 Å². The summed E-state index contributed by atoms with van der Waals surface area (Å²) < 4.78 is 0. The lowest BCUT2D eigenvalue weighted by Gasteiger charge is -2.27. The number of rotatable bonds is 4. The highest BCUT2D eigenvalue weighted by Crippen LogP contribution is 2.25. The number of carbonyl (C=O) groups is 1. The molecule has 1 unspecified atom stereocenters. The van der Waals surface area contributed by atoms with Crippen LogP contribution in [0.5, 0.6) is 0 Å². The van der Waals surface area contributed by atoms with Crippen molar-refractivity contribution in [1.82, 2.24) is 5.32 Å². The number of hydrogen-bond donors (Lipinski definition) is 2. The summed E-state index contributed by atoms with van der Waals surface area (Å²) in [6.07, 6.45) is 6.14. The van der Waals surface area contributed by atoms with E-state index in [2.05, 4.69) is 5.32 Å². The Bertz CT molecular complexity index is 473. The van der Waals surface area contributed by atoms with Gasteiger partial charge in [0, 0.05) is 18.2 Å². The van der Waals surface area contributed by atoms with Crippen molar-refractivity contribution in [2.45, 2.75) is 38.1 Å². The Balaban J connectivity index is 1.86. The fraction of sp³-hybridized carbons (Fsp3) is 0.533. The van der Waals surface area contributed by atoms with Gasteiger partial charge in [-0.15, -0.1) is 0 Å². The second kappa shape index (κ2) is 7.30. The summed E-state index contributed by atoms with van der Waals surface area (Å²) in [5, 5.41) is 3.71. The largest absolute Gasteiger partial charge is 0.350 e. The van der Waals surface area contributed by atoms with Gasteiger partial charge in [-0.3, -0.25) is 4.79 Å². The number of benzene rings is 1. The Morgan fingerprint density at radius 3 is 2.60 bits per heavy atom. The molecular weight excluding hydrogens is 295 g/mol. The van der Waals surface area contributed by atoms with Crippen LogP contribution in [0.3, 0.4) is 0 Å². The molecule has 1 aromatic rings. The van der Waals surface area contributed by atoms with Crippen LogP contribution in [0.4, 0.5) is 0 Å². The molecule has 3 nitrogen and oxygen atoms in total. The van der Waals surface area contributed by atoms with E-state index in [9.17, 15) is 4.79 Å². The second-order valence-electron chi connectivity index (χ2n) is 5.40. The molecule has 5 heteroatoms. The molecule has 0 aromatic heterocycles. The van der Waals surface area contributed by atoms with Crippen LogP contribution in [-0.2, 0) is 0 Å². The predicted octanol–water partition coefficient (Wildman–Crippen LogP) is 3.63. The molecule has 1 aliphatic rings. The van der Waals surface area contributed by atoms with E-state index in [1.54, 1.807) is 18.2 Å². The predicted molar refractivity (Wildman–Crippen MR) is 83.3 cm³/mol. The summed E-state index contributed by atoms with van der Waals surface area (Å²) in [5.41, 5.74) is 6.68. The monoisotopic (exact) mass is 314 g/mol. The third kappa shape index (κ3) is 4.11. The maximum atomic E-state index is 12.0. The first-order chi connectivity index (χ1) is 9.58. The summed E-state index contributed by atoms with van der Waals surface area (Å²) >= 11 is 11.7. The molecule has 1 saturated carbocycles. The van der Waals surface area contributed by atoms with Crippen LogP contribution in [-0.4, -0.2) is 18.5 Å². The van der Waals surface area contributed by atoms with Gasteiger partial charge >= 0.3 is 0 Å². The quantitative estimate of drug-likeness (QED) is 0.891. The van der Waals surface area contributed by atoms with Crippen molar-refractivity contribution in [1.29, 1.82) is 0 Å². The zero-order valence-electron chi connectivity index (χ0n) is 11.4. The van der Waals surface area contributed by atoms with Crippen LogP contribution in [0, 0.1) is 5.92 Å². The molecule has 110 valence electrons. The number of nitrogens with one attached hydrogen (secondary N) is 1. The van der Waals surface area contributed by atoms with E-state index in [0.29, 0.717) is 28.1 Å². The molecule has 1 aliphatic carbocycles. The fourth-order valence-corrected chi connectivity index (χ4v) is 2.98. The Labute approximate surface area is 129 Å². The topological polar surface area (TPSA) is 55.1 Å². The molecule has 0 spiro atoms. The van der Waals surface area contributed by atoms with Crippen LogP contribution < -0.4 is 11.1 Å². The minimum Gasteiger partial charge on any atom is -0.350 e. The van der Waals surface area contributed by atoms with E-state index < -0.39 is 0 Å². The smallest absolute Gasteiger partial charge is 0.251 e. The van der Waals surface area contributed by atoms with Crippen LogP contribution in [0.25, 0.3) is 0 Å². The van der Waals surface area contributed by atoms with E-state index in [-0.39, 0.29) is 11.9 Å². The summed E-state index contributed by atoms with van der Waals surface area (Å²) in [5.74, 6) is 0.368. The normalized spacial score (nSPS) is 17.8. The van der Waals surface area contributed by atoms with Gasteiger partial charge in [0.1, 0.15) is 0 Å². The van der Waals surface area contributed by atoms with E-state index in [0.717, 1.165) is 0 Å². The summed E-state index contributed by atoms with van der Waals surface area (Å²) in [6.45, 7) is 0.504. The fourth-order valence-electron chi connectivity index (χ4n) is 2.68. The SMILES string of the molecule is NC(CNC(=O)c1ccc(Cl)c(Cl)c1)C1CCCCC1. The van der Waals surface area contributed by atoms with E-state index >= 15 is 0 Å². The van der Waals surface area contributed by atoms with Gasteiger partial charge < -0.3 is 11.1 Å². The molecule has 1 atom stereocenters. The first-order valence-electron chi connectivity index (χ1n) is 7.07. The number of nitrogens with two attached hydrogens (primary N) is 1. The van der Waals surface area contributed by atoms with Gasteiger partial charge in [-0.2, -0.15) is 0 Å². The maximum absolute atomic E-state index is 12.0. The summed E-state index contributed by atoms with van der Waals surface area (Å²) in [6, 6.07) is 4.89. The average Bonchev–Trinajstić information content (AvgIpc) is 2.48. The van der Waals surface area contributed by atoms with Crippen LogP contribution in [0.1, 0.15) is 42.5 Å². The molecule has 2 rings (SSSR count). The first-order valence-corrected chi connectivity index (χ1v) is 7.82. The van der Waals surface area contributed by atoms with Crippen molar-refractivity contribution in [3.8, 4) is 0 Å². The van der Waals surface area contributed by atoms with Crippen molar-refractivity contribution in [3.05, 3.63) is 33.8 Å². The van der Waals surface area contributed by atoms with Crippen LogP contribution >= 0.6 is 23.2 Å². The Kier molecular flexibility index (Phi) is 5.70. The highest BCUT2D eigenvalue weighted by Gasteiger charge is 2.21. The zero-order valence-corrected chi connectivity index (χ0v) is 12.9. The molecule has 0 saturated heterocycles. The molecule has 1 amide bonds. The summed E-state index contributed by atoms with van der Waals surface area (Å²) in [7, 11) is 0. The molecule has 0 bridgehead atoms. The average molecular weight is 315 g/mol. The Hall–Kier alpha value is -0.770. The molecule has 0 heterocycles. The molecule has 3 N–H and O–H groups in total. The molecule has 0 aliphatic heterocycles. The maximum Gasteiger partial charge on any atom is 0.251 e. The third-order valence-corrected chi connectivity index (χ3v) is 4.67. The van der Waals surface area contributed by atoms with Crippen molar-refractivity contribution in [2.75, 3.05) is 6.54 Å². The minimum atomic E-state index is -0.158. The van der Waals surface area contributed by atoms with Gasteiger partial charge in [-0.1, -0.05) is 42.5 Å². The lowest BCUT2D eigenvalue weighted by Crippen LogP contribution is -2.42. The van der Waals surface area contributed by atoms with E-state index in [4.69, 9.17) is 28.9 Å². The Morgan fingerprint density at radius 1 is 1.25 bits per heavy atom. The second-order valence-corrected chi connectivity index (χ2v) is 6.22. The number of amides is 1. The van der Waals surface area contributed by atoms with Crippen LogP contribution in [0.2, 0.25) is 10.0 Å². The highest BCUT2D eigenvalue weighted by molar-refractivity contribution is 6.42. The number of carbonyl (C=O) groups excluding carboxylic acids is 1. The highest BCUT2D eigenvalue weighted by atomic mass is 35.5. The molecule has 1 aromatic carbocycles. The first kappa shape index (κ1) is 15.6. The minimum absolute atomic E-state index is 0.0297. The van der Waals surface area contributed by atoms with Gasteiger partial charge in [0.05, 0.1) is 10.0 Å². The standard InChI is InChI=1S/C15H20Cl2N2O/c16-12-7-6-11(8-13(12)17)15(20)19-9-14(18)10-4-2-1-3-5-10/h6-8,10,14H,1-5,9,18H2,(H,19,20). The zero-order chi connectivity index (χ0) is 14.5. The van der Waals surface area contributed by atoms with E-state index in [1.807, 2.05) is 0 Å². The van der Waals surface area contributed by atoms with Gasteiger partial charge in [0.2, 0.25) is 0 Å². The molecule has 20 heavy (non-hydrogen) atoms. The van der Waals surface area contributed by atoms with Crippen molar-refractivity contribution in [3.63, 3.8) is 0 Å². The van der Waals surface area contributed by atoms with Crippen molar-refractivity contribution in [2.24, 2.45) is 11.7 Å². The summed E-state index contributed by atoms with van der Waals surface area (Å²) in [4.78, 5) is 12.0. The van der Waals surface area contributed by atoms with Gasteiger partial charge in [-0.05, 0) is 37.0 Å². The van der Waals surface area contributed by atoms with Crippen molar-refractivity contribution >= 4 is 29.1 Å².